The molecule has 0 atom stereocenters. The van der Waals surface area contributed by atoms with E-state index in [1.807, 2.05) is 24.3 Å². The van der Waals surface area contributed by atoms with Gasteiger partial charge in [0.25, 0.3) is 0 Å². The zero-order valence-electron chi connectivity index (χ0n) is 13.0. The van der Waals surface area contributed by atoms with E-state index in [-0.39, 0.29) is 36.3 Å². The Morgan fingerprint density at radius 2 is 1.87 bits per heavy atom. The largest absolute Gasteiger partial charge is 0.497 e. The van der Waals surface area contributed by atoms with Crippen LogP contribution < -0.4 is 15.8 Å². The zero-order valence-corrected chi connectivity index (χ0v) is 15.3. The zero-order chi connectivity index (χ0) is 15.8. The molecule has 0 bridgehead atoms. The number of aliphatic imine (C=N–C) groups is 1. The number of benzene rings is 2. The number of nitrogens with zero attached hydrogens (tertiary/aromatic N) is 1. The van der Waals surface area contributed by atoms with Crippen molar-refractivity contribution in [2.75, 3.05) is 13.7 Å². The summed E-state index contributed by atoms with van der Waals surface area (Å²) in [7, 11) is 1.64. The third-order valence-corrected chi connectivity index (χ3v) is 3.26. The highest BCUT2D eigenvalue weighted by Gasteiger charge is 2.00. The Balaban J connectivity index is 0.00000264. The number of rotatable bonds is 6. The first kappa shape index (κ1) is 19.2. The van der Waals surface area contributed by atoms with Crippen molar-refractivity contribution in [3.63, 3.8) is 0 Å². The summed E-state index contributed by atoms with van der Waals surface area (Å²) in [6, 6.07) is 14.4. The van der Waals surface area contributed by atoms with Crippen LogP contribution in [0.3, 0.4) is 0 Å². The molecular weight excluding hydrogens is 408 g/mol. The molecule has 2 rings (SSSR count). The summed E-state index contributed by atoms with van der Waals surface area (Å²) in [4.78, 5) is 4.14. The Morgan fingerprint density at radius 1 is 1.17 bits per heavy atom. The van der Waals surface area contributed by atoms with Gasteiger partial charge in [-0.25, -0.2) is 9.38 Å². The smallest absolute Gasteiger partial charge is 0.188 e. The van der Waals surface area contributed by atoms with E-state index in [2.05, 4.69) is 10.3 Å². The summed E-state index contributed by atoms with van der Waals surface area (Å²) in [5, 5.41) is 3.02. The predicted molar refractivity (Wildman–Crippen MR) is 102 cm³/mol. The second kappa shape index (κ2) is 10.0. The molecule has 2 aromatic rings. The Labute approximate surface area is 153 Å². The minimum absolute atomic E-state index is 0. The Kier molecular flexibility index (Phi) is 8.39. The van der Waals surface area contributed by atoms with Gasteiger partial charge in [-0.2, -0.15) is 0 Å². The van der Waals surface area contributed by atoms with Gasteiger partial charge in [0.2, 0.25) is 0 Å². The highest BCUT2D eigenvalue weighted by atomic mass is 127. The molecule has 124 valence electrons. The van der Waals surface area contributed by atoms with Gasteiger partial charge in [0, 0.05) is 12.1 Å². The average Bonchev–Trinajstić information content (AvgIpc) is 2.55. The van der Waals surface area contributed by atoms with E-state index in [0.717, 1.165) is 12.2 Å². The molecule has 0 fully saturated rings. The second-order valence-electron chi connectivity index (χ2n) is 4.82. The van der Waals surface area contributed by atoms with Gasteiger partial charge in [-0.3, -0.25) is 0 Å². The van der Waals surface area contributed by atoms with Gasteiger partial charge in [-0.1, -0.05) is 30.3 Å². The molecular formula is C17H21FIN3O. The van der Waals surface area contributed by atoms with Gasteiger partial charge < -0.3 is 15.8 Å². The van der Waals surface area contributed by atoms with E-state index in [1.165, 1.54) is 11.6 Å². The Morgan fingerprint density at radius 3 is 2.52 bits per heavy atom. The first-order valence-electron chi connectivity index (χ1n) is 7.09. The molecule has 0 aromatic heterocycles. The van der Waals surface area contributed by atoms with Gasteiger partial charge >= 0.3 is 0 Å². The molecule has 0 aliphatic heterocycles. The molecule has 23 heavy (non-hydrogen) atoms. The lowest BCUT2D eigenvalue weighted by Crippen LogP contribution is -2.33. The van der Waals surface area contributed by atoms with Crippen molar-refractivity contribution in [1.29, 1.82) is 0 Å². The quantitative estimate of drug-likeness (QED) is 0.422. The number of guanidine groups is 1. The number of nitrogens with two attached hydrogens (primary N) is 1. The molecule has 6 heteroatoms. The molecule has 0 radical (unpaired) electrons. The number of hydrogen-bond acceptors (Lipinski definition) is 2. The number of hydrogen-bond donors (Lipinski definition) is 2. The first-order chi connectivity index (χ1) is 10.7. The lowest BCUT2D eigenvalue weighted by molar-refractivity contribution is 0.414. The van der Waals surface area contributed by atoms with Crippen LogP contribution in [0.15, 0.2) is 53.5 Å². The molecule has 0 saturated carbocycles. The topological polar surface area (TPSA) is 59.6 Å². The fourth-order valence-electron chi connectivity index (χ4n) is 1.98. The van der Waals surface area contributed by atoms with Crippen LogP contribution in [0.2, 0.25) is 0 Å². The summed E-state index contributed by atoms with van der Waals surface area (Å²) >= 11 is 0. The van der Waals surface area contributed by atoms with Crippen molar-refractivity contribution in [1.82, 2.24) is 5.32 Å². The van der Waals surface area contributed by atoms with E-state index in [4.69, 9.17) is 10.5 Å². The van der Waals surface area contributed by atoms with Crippen molar-refractivity contribution in [3.05, 3.63) is 65.5 Å². The summed E-state index contributed by atoms with van der Waals surface area (Å²) < 4.78 is 18.5. The first-order valence-corrected chi connectivity index (χ1v) is 7.09. The standard InChI is InChI=1S/C17H20FN3O.HI/c1-22-15-8-6-13(7-9-15)10-11-20-17(19)21-12-14-4-2-3-5-16(14)18;/h2-9H,10-12H2,1H3,(H3,19,20,21);1H. The molecule has 0 saturated heterocycles. The van der Waals surface area contributed by atoms with Crippen LogP contribution in [-0.4, -0.2) is 19.6 Å². The summed E-state index contributed by atoms with van der Waals surface area (Å²) in [6.07, 6.45) is 0.819. The summed E-state index contributed by atoms with van der Waals surface area (Å²) in [5.41, 5.74) is 7.48. The van der Waals surface area contributed by atoms with Crippen LogP contribution in [0.1, 0.15) is 11.1 Å². The number of methoxy groups -OCH3 is 1. The van der Waals surface area contributed by atoms with Gasteiger partial charge in [0.1, 0.15) is 11.6 Å². The van der Waals surface area contributed by atoms with Crippen LogP contribution in [0, 0.1) is 5.82 Å². The molecule has 3 N–H and O–H groups in total. The third kappa shape index (κ3) is 6.43. The van der Waals surface area contributed by atoms with E-state index in [0.29, 0.717) is 18.1 Å². The predicted octanol–water partition coefficient (Wildman–Crippen LogP) is 3.10. The minimum atomic E-state index is -0.266. The maximum absolute atomic E-state index is 13.4. The third-order valence-electron chi connectivity index (χ3n) is 3.26. The molecule has 0 aliphatic rings. The maximum atomic E-state index is 13.4. The number of nitrogens with one attached hydrogen (secondary N) is 1. The van der Waals surface area contributed by atoms with Crippen LogP contribution in [0.4, 0.5) is 4.39 Å². The lowest BCUT2D eigenvalue weighted by Gasteiger charge is -2.07. The molecule has 0 spiro atoms. The van der Waals surface area contributed by atoms with Crippen molar-refractivity contribution in [3.8, 4) is 5.75 Å². The van der Waals surface area contributed by atoms with Crippen molar-refractivity contribution >= 4 is 29.9 Å². The van der Waals surface area contributed by atoms with E-state index >= 15 is 0 Å². The van der Waals surface area contributed by atoms with Gasteiger partial charge in [-0.15, -0.1) is 24.0 Å². The molecule has 0 amide bonds. The van der Waals surface area contributed by atoms with Crippen molar-refractivity contribution in [2.45, 2.75) is 13.0 Å². The van der Waals surface area contributed by atoms with Crippen molar-refractivity contribution < 1.29 is 9.13 Å². The molecule has 0 heterocycles. The number of ether oxygens (including phenoxy) is 1. The highest BCUT2D eigenvalue weighted by molar-refractivity contribution is 14.0. The number of halogens is 2. The molecule has 4 nitrogen and oxygen atoms in total. The molecule has 2 aromatic carbocycles. The van der Waals surface area contributed by atoms with Crippen LogP contribution in [0.5, 0.6) is 5.75 Å². The molecule has 0 unspecified atom stereocenters. The minimum Gasteiger partial charge on any atom is -0.497 e. The average molecular weight is 429 g/mol. The summed E-state index contributed by atoms with van der Waals surface area (Å²) in [6.45, 7) is 0.896. The van der Waals surface area contributed by atoms with Crippen LogP contribution in [0.25, 0.3) is 0 Å². The SMILES string of the molecule is COc1ccc(CCNC(N)=NCc2ccccc2F)cc1.I. The molecule has 0 aliphatic carbocycles. The maximum Gasteiger partial charge on any atom is 0.188 e. The Bertz CT molecular complexity index is 632. The fraction of sp³-hybridized carbons (Fsp3) is 0.235. The van der Waals surface area contributed by atoms with Gasteiger partial charge in [-0.05, 0) is 30.2 Å². The fourth-order valence-corrected chi connectivity index (χ4v) is 1.98. The van der Waals surface area contributed by atoms with Crippen LogP contribution >= 0.6 is 24.0 Å². The van der Waals surface area contributed by atoms with E-state index in [1.54, 1.807) is 25.3 Å². The second-order valence-corrected chi connectivity index (χ2v) is 4.82. The van der Waals surface area contributed by atoms with Gasteiger partial charge in [0.15, 0.2) is 5.96 Å². The lowest BCUT2D eigenvalue weighted by atomic mass is 10.1. The van der Waals surface area contributed by atoms with Crippen LogP contribution in [-0.2, 0) is 13.0 Å². The monoisotopic (exact) mass is 429 g/mol. The van der Waals surface area contributed by atoms with Crippen molar-refractivity contribution in [2.24, 2.45) is 10.7 Å². The Hall–Kier alpha value is -1.83. The highest BCUT2D eigenvalue weighted by Crippen LogP contribution is 2.11. The van der Waals surface area contributed by atoms with Gasteiger partial charge in [0.05, 0.1) is 13.7 Å². The summed E-state index contributed by atoms with van der Waals surface area (Å²) in [5.74, 6) is 0.886. The van der Waals surface area contributed by atoms with E-state index in [9.17, 15) is 4.39 Å². The normalized spacial score (nSPS) is 10.8. The van der Waals surface area contributed by atoms with E-state index < -0.39 is 0 Å².